The molecule has 10 nitrogen and oxygen atoms in total. The molecular weight excluding hydrogens is 515 g/mol. The maximum Gasteiger partial charge on any atom is 0.306 e. The van der Waals surface area contributed by atoms with Crippen LogP contribution >= 0.6 is 0 Å². The highest BCUT2D eigenvalue weighted by Gasteiger charge is 2.28. The Hall–Kier alpha value is -4.04. The van der Waals surface area contributed by atoms with E-state index in [-0.39, 0.29) is 30.0 Å². The average Bonchev–Trinajstić information content (AvgIpc) is 3.35. The number of pyridine rings is 1. The van der Waals surface area contributed by atoms with Gasteiger partial charge in [-0.1, -0.05) is 0 Å². The summed E-state index contributed by atoms with van der Waals surface area (Å²) in [6.07, 6.45) is 4.98. The zero-order valence-corrected chi connectivity index (χ0v) is 23.0. The molecule has 1 amide bonds. The molecule has 1 aliphatic rings. The number of rotatable bonds is 10. The SMILES string of the molecule is CCOC(=O)CC1CCC(Nc2cc(-c3ccc4cc(C#N)cnn34)ncc2C(=O)NC[C@@H](F)C(C)(C)O)CC1. The van der Waals surface area contributed by atoms with Crippen LogP contribution in [0, 0.1) is 17.2 Å². The van der Waals surface area contributed by atoms with Gasteiger partial charge in [-0.3, -0.25) is 14.6 Å². The number of ether oxygens (including phenoxy) is 1. The second-order valence-electron chi connectivity index (χ2n) is 10.7. The summed E-state index contributed by atoms with van der Waals surface area (Å²) in [5.74, 6) is -0.433. The molecule has 1 fully saturated rings. The fourth-order valence-electron chi connectivity index (χ4n) is 4.86. The Kier molecular flexibility index (Phi) is 9.00. The predicted octanol–water partition coefficient (Wildman–Crippen LogP) is 4.03. The van der Waals surface area contributed by atoms with Crippen LogP contribution in [0.15, 0.2) is 36.7 Å². The normalized spacial score (nSPS) is 18.1. The molecule has 11 heteroatoms. The predicted molar refractivity (Wildman–Crippen MR) is 147 cm³/mol. The number of fused-ring (bicyclic) bond motifs is 1. The van der Waals surface area contributed by atoms with Gasteiger partial charge in [0.25, 0.3) is 5.91 Å². The van der Waals surface area contributed by atoms with Crippen LogP contribution in [0.2, 0.25) is 0 Å². The molecule has 212 valence electrons. The first-order valence-electron chi connectivity index (χ1n) is 13.5. The molecule has 0 bridgehead atoms. The Morgan fingerprint density at radius 3 is 2.67 bits per heavy atom. The molecule has 3 heterocycles. The molecule has 40 heavy (non-hydrogen) atoms. The molecule has 3 aromatic rings. The lowest BCUT2D eigenvalue weighted by atomic mass is 9.84. The van der Waals surface area contributed by atoms with Crippen molar-refractivity contribution < 1.29 is 23.8 Å². The van der Waals surface area contributed by atoms with Crippen molar-refractivity contribution in [2.24, 2.45) is 5.92 Å². The Bertz CT molecular complexity index is 1400. The fourth-order valence-corrected chi connectivity index (χ4v) is 4.86. The number of nitrogens with zero attached hydrogens (tertiary/aromatic N) is 4. The Labute approximate surface area is 232 Å². The number of halogens is 1. The summed E-state index contributed by atoms with van der Waals surface area (Å²) < 4.78 is 21.1. The van der Waals surface area contributed by atoms with Crippen molar-refractivity contribution in [2.75, 3.05) is 18.5 Å². The smallest absolute Gasteiger partial charge is 0.306 e. The lowest BCUT2D eigenvalue weighted by molar-refractivity contribution is -0.144. The number of anilines is 1. The van der Waals surface area contributed by atoms with Gasteiger partial charge in [0, 0.05) is 18.7 Å². The Morgan fingerprint density at radius 2 is 2.00 bits per heavy atom. The largest absolute Gasteiger partial charge is 0.466 e. The zero-order chi connectivity index (χ0) is 28.9. The summed E-state index contributed by atoms with van der Waals surface area (Å²) in [5.41, 5.74) is 1.61. The van der Waals surface area contributed by atoms with E-state index in [4.69, 9.17) is 4.74 Å². The van der Waals surface area contributed by atoms with Crippen LogP contribution in [0.5, 0.6) is 0 Å². The Morgan fingerprint density at radius 1 is 1.25 bits per heavy atom. The van der Waals surface area contributed by atoms with E-state index in [1.165, 1.54) is 26.2 Å². The zero-order valence-electron chi connectivity index (χ0n) is 23.0. The minimum absolute atomic E-state index is 0.0610. The minimum atomic E-state index is -1.65. The van der Waals surface area contributed by atoms with Crippen LogP contribution in [0.3, 0.4) is 0 Å². The maximum atomic E-state index is 14.3. The molecular formula is C29H35FN6O4. The summed E-state index contributed by atoms with van der Waals surface area (Å²) in [4.78, 5) is 29.5. The third kappa shape index (κ3) is 6.93. The van der Waals surface area contributed by atoms with Crippen LogP contribution in [0.4, 0.5) is 10.1 Å². The van der Waals surface area contributed by atoms with Gasteiger partial charge >= 0.3 is 5.97 Å². The van der Waals surface area contributed by atoms with Crippen LogP contribution in [0.1, 0.15) is 68.8 Å². The summed E-state index contributed by atoms with van der Waals surface area (Å²) >= 11 is 0. The lowest BCUT2D eigenvalue weighted by Gasteiger charge is -2.30. The quantitative estimate of drug-likeness (QED) is 0.321. The van der Waals surface area contributed by atoms with E-state index >= 15 is 0 Å². The molecule has 0 unspecified atom stereocenters. The van der Waals surface area contributed by atoms with Gasteiger partial charge in [-0.2, -0.15) is 10.4 Å². The standard InChI is InChI=1S/C29H35FN6O4/c1-4-40-27(37)12-18-5-7-20(8-6-18)35-23-13-24(25-10-9-21-11-19(14-31)15-34-36(21)25)32-16-22(23)28(38)33-17-26(30)29(2,3)39/h9-11,13,15-16,18,20,26,39H,4-8,12,17H2,1-3H3,(H,32,35)(H,33,38)/t18?,20?,26-/m1/s1. The Balaban J connectivity index is 1.57. The maximum absolute atomic E-state index is 14.3. The van der Waals surface area contributed by atoms with Gasteiger partial charge in [0.1, 0.15) is 12.2 Å². The number of alkyl halides is 1. The van der Waals surface area contributed by atoms with Crippen molar-refractivity contribution >= 4 is 23.1 Å². The number of aliphatic hydroxyl groups is 1. The van der Waals surface area contributed by atoms with Crippen molar-refractivity contribution in [1.82, 2.24) is 19.9 Å². The molecule has 0 saturated heterocycles. The van der Waals surface area contributed by atoms with Gasteiger partial charge in [0.05, 0.1) is 58.7 Å². The highest BCUT2D eigenvalue weighted by Crippen LogP contribution is 2.31. The first kappa shape index (κ1) is 29.0. The van der Waals surface area contributed by atoms with E-state index in [1.807, 2.05) is 12.1 Å². The van der Waals surface area contributed by atoms with Crippen LogP contribution in [0.25, 0.3) is 16.9 Å². The molecule has 3 aromatic heterocycles. The van der Waals surface area contributed by atoms with Crippen LogP contribution < -0.4 is 10.6 Å². The van der Waals surface area contributed by atoms with Crippen molar-refractivity contribution in [1.29, 1.82) is 5.26 Å². The molecule has 4 rings (SSSR count). The van der Waals surface area contributed by atoms with E-state index in [0.717, 1.165) is 31.2 Å². The van der Waals surface area contributed by atoms with Gasteiger partial charge < -0.3 is 20.5 Å². The summed E-state index contributed by atoms with van der Waals surface area (Å²) in [7, 11) is 0. The van der Waals surface area contributed by atoms with Crippen molar-refractivity contribution in [3.63, 3.8) is 0 Å². The number of aromatic nitrogens is 3. The summed E-state index contributed by atoms with van der Waals surface area (Å²) in [6, 6.07) is 9.31. The second-order valence-corrected chi connectivity index (χ2v) is 10.7. The average molecular weight is 551 g/mol. The number of hydrogen-bond acceptors (Lipinski definition) is 8. The third-order valence-corrected chi connectivity index (χ3v) is 7.22. The number of carbonyl (C=O) groups excluding carboxylic acids is 2. The molecule has 1 saturated carbocycles. The van der Waals surface area contributed by atoms with Gasteiger partial charge in [0.15, 0.2) is 0 Å². The minimum Gasteiger partial charge on any atom is -0.466 e. The molecule has 1 atom stereocenters. The number of carbonyl (C=O) groups is 2. The number of nitrogens with one attached hydrogen (secondary N) is 2. The van der Waals surface area contributed by atoms with E-state index < -0.39 is 17.7 Å². The lowest BCUT2D eigenvalue weighted by Crippen LogP contribution is -2.42. The van der Waals surface area contributed by atoms with E-state index in [2.05, 4.69) is 26.8 Å². The summed E-state index contributed by atoms with van der Waals surface area (Å²) in [5, 5.41) is 29.5. The molecule has 0 aliphatic heterocycles. The van der Waals surface area contributed by atoms with Crippen LogP contribution in [-0.2, 0) is 9.53 Å². The molecule has 1 aliphatic carbocycles. The molecule has 0 spiro atoms. The third-order valence-electron chi connectivity index (χ3n) is 7.22. The first-order chi connectivity index (χ1) is 19.1. The highest BCUT2D eigenvalue weighted by molar-refractivity contribution is 6.00. The second kappa shape index (κ2) is 12.4. The summed E-state index contributed by atoms with van der Waals surface area (Å²) in [6.45, 7) is 4.51. The molecule has 0 aromatic carbocycles. The van der Waals surface area contributed by atoms with E-state index in [9.17, 15) is 24.3 Å². The topological polar surface area (TPSA) is 142 Å². The van der Waals surface area contributed by atoms with E-state index in [1.54, 1.807) is 23.6 Å². The van der Waals surface area contributed by atoms with Gasteiger partial charge in [-0.15, -0.1) is 0 Å². The van der Waals surface area contributed by atoms with Gasteiger partial charge in [-0.05, 0) is 76.6 Å². The fraction of sp³-hybridized carbons (Fsp3) is 0.483. The molecule has 0 radical (unpaired) electrons. The number of nitriles is 1. The first-order valence-corrected chi connectivity index (χ1v) is 13.5. The number of amides is 1. The molecule has 3 N–H and O–H groups in total. The van der Waals surface area contributed by atoms with E-state index in [0.29, 0.717) is 35.7 Å². The monoisotopic (exact) mass is 550 g/mol. The number of esters is 1. The van der Waals surface area contributed by atoms with Crippen molar-refractivity contribution in [3.05, 3.63) is 47.8 Å². The van der Waals surface area contributed by atoms with Gasteiger partial charge in [-0.25, -0.2) is 8.91 Å². The van der Waals surface area contributed by atoms with Crippen molar-refractivity contribution in [3.8, 4) is 17.5 Å². The van der Waals surface area contributed by atoms with Gasteiger partial charge in [0.2, 0.25) is 0 Å². The van der Waals surface area contributed by atoms with Crippen LogP contribution in [-0.4, -0.2) is 62.5 Å². The highest BCUT2D eigenvalue weighted by atomic mass is 19.1. The number of hydrogen-bond donors (Lipinski definition) is 3. The van der Waals surface area contributed by atoms with Crippen molar-refractivity contribution in [2.45, 2.75) is 70.7 Å².